The van der Waals surface area contributed by atoms with Gasteiger partial charge in [-0.15, -0.1) is 0 Å². The number of carbonyl (C=O) groups excluding carboxylic acids is 1. The highest BCUT2D eigenvalue weighted by Gasteiger charge is 2.14. The highest BCUT2D eigenvalue weighted by Crippen LogP contribution is 2.24. The molecular formula is C15H15NO3S. The highest BCUT2D eigenvalue weighted by atomic mass is 32.2. The molecule has 1 heterocycles. The number of rotatable bonds is 5. The van der Waals surface area contributed by atoms with Gasteiger partial charge in [-0.25, -0.2) is 4.79 Å². The molecule has 104 valence electrons. The van der Waals surface area contributed by atoms with Crippen LogP contribution in [0.4, 0.5) is 0 Å². The summed E-state index contributed by atoms with van der Waals surface area (Å²) in [6.45, 7) is 1.54. The number of thioether (sulfide) groups is 1. The number of hydrogen-bond donors (Lipinski definition) is 2. The largest absolute Gasteiger partial charge is 0.477 e. The number of nitrogens with one attached hydrogen (secondary N) is 1. The number of benzene rings is 1. The fourth-order valence-electron chi connectivity index (χ4n) is 1.98. The van der Waals surface area contributed by atoms with Crippen molar-refractivity contribution in [2.45, 2.75) is 13.3 Å². The van der Waals surface area contributed by atoms with Gasteiger partial charge in [0.05, 0.1) is 0 Å². The Balaban J connectivity index is 2.23. The van der Waals surface area contributed by atoms with Gasteiger partial charge in [-0.05, 0) is 12.5 Å². The SMILES string of the molecule is CC(=O)SCCC=Cc1c(C(=O)O)[nH]c2ccccc12. The van der Waals surface area contributed by atoms with Crippen LogP contribution < -0.4 is 0 Å². The van der Waals surface area contributed by atoms with Crippen LogP contribution in [0.1, 0.15) is 29.4 Å². The van der Waals surface area contributed by atoms with Crippen molar-refractivity contribution in [1.29, 1.82) is 0 Å². The van der Waals surface area contributed by atoms with Crippen molar-refractivity contribution in [2.75, 3.05) is 5.75 Å². The van der Waals surface area contributed by atoms with E-state index >= 15 is 0 Å². The maximum Gasteiger partial charge on any atom is 0.352 e. The standard InChI is InChI=1S/C15H15NO3S/c1-10(17)20-9-5-4-7-12-11-6-2-3-8-13(11)16-14(12)15(18)19/h2-4,6-8,16H,5,9H2,1H3,(H,18,19). The number of carbonyl (C=O) groups is 2. The summed E-state index contributed by atoms with van der Waals surface area (Å²) in [5.74, 6) is -0.268. The summed E-state index contributed by atoms with van der Waals surface area (Å²) in [6.07, 6.45) is 4.43. The zero-order valence-corrected chi connectivity index (χ0v) is 11.9. The first-order valence-electron chi connectivity index (χ1n) is 6.23. The Labute approximate surface area is 120 Å². The molecule has 2 rings (SSSR count). The van der Waals surface area contributed by atoms with Gasteiger partial charge < -0.3 is 10.1 Å². The van der Waals surface area contributed by atoms with E-state index in [1.54, 1.807) is 0 Å². The van der Waals surface area contributed by atoms with Crippen LogP contribution in [-0.2, 0) is 4.79 Å². The van der Waals surface area contributed by atoms with Gasteiger partial charge in [0.15, 0.2) is 5.12 Å². The van der Waals surface area contributed by atoms with E-state index < -0.39 is 5.97 Å². The van der Waals surface area contributed by atoms with Crippen LogP contribution >= 0.6 is 11.8 Å². The number of aromatic amines is 1. The summed E-state index contributed by atoms with van der Waals surface area (Å²) < 4.78 is 0. The Kier molecular flexibility index (Phi) is 4.63. The summed E-state index contributed by atoms with van der Waals surface area (Å²) in [5, 5.41) is 10.2. The van der Waals surface area contributed by atoms with Gasteiger partial charge >= 0.3 is 5.97 Å². The van der Waals surface area contributed by atoms with Gasteiger partial charge in [-0.3, -0.25) is 4.79 Å². The van der Waals surface area contributed by atoms with Crippen LogP contribution in [-0.4, -0.2) is 26.9 Å². The fourth-order valence-corrected chi connectivity index (χ4v) is 2.52. The lowest BCUT2D eigenvalue weighted by molar-refractivity contribution is -0.109. The first kappa shape index (κ1) is 14.4. The normalized spacial score (nSPS) is 11.2. The second kappa shape index (κ2) is 6.43. The van der Waals surface area contributed by atoms with Crippen LogP contribution in [0.15, 0.2) is 30.3 Å². The zero-order chi connectivity index (χ0) is 14.5. The minimum atomic E-state index is -0.973. The van der Waals surface area contributed by atoms with Gasteiger partial charge in [0.25, 0.3) is 0 Å². The van der Waals surface area contributed by atoms with Crippen LogP contribution in [0, 0.1) is 0 Å². The molecule has 2 aromatic rings. The number of allylic oxidation sites excluding steroid dienone is 1. The molecule has 0 aliphatic rings. The third-order valence-corrected chi connectivity index (χ3v) is 3.68. The Bertz CT molecular complexity index is 673. The molecule has 4 nitrogen and oxygen atoms in total. The summed E-state index contributed by atoms with van der Waals surface area (Å²) in [5.41, 5.74) is 1.69. The topological polar surface area (TPSA) is 70.2 Å². The van der Waals surface area contributed by atoms with E-state index in [1.807, 2.05) is 36.4 Å². The molecule has 0 fully saturated rings. The molecule has 0 amide bonds. The average Bonchev–Trinajstić information content (AvgIpc) is 2.77. The van der Waals surface area contributed by atoms with Crippen molar-refractivity contribution in [3.05, 3.63) is 41.6 Å². The molecule has 20 heavy (non-hydrogen) atoms. The number of carboxylic acid groups (broad SMARTS) is 1. The van der Waals surface area contributed by atoms with Crippen molar-refractivity contribution < 1.29 is 14.7 Å². The monoisotopic (exact) mass is 289 g/mol. The number of H-pyrrole nitrogens is 1. The van der Waals surface area contributed by atoms with Gasteiger partial charge in [0, 0.05) is 29.1 Å². The predicted molar refractivity (Wildman–Crippen MR) is 82.0 cm³/mol. The number of fused-ring (bicyclic) bond motifs is 1. The third kappa shape index (κ3) is 3.30. The smallest absolute Gasteiger partial charge is 0.352 e. The Morgan fingerprint density at radius 1 is 1.35 bits per heavy atom. The van der Waals surface area contributed by atoms with Crippen molar-refractivity contribution in [3.63, 3.8) is 0 Å². The number of aromatic carboxylic acids is 1. The van der Waals surface area contributed by atoms with Crippen molar-refractivity contribution in [2.24, 2.45) is 0 Å². The minimum absolute atomic E-state index is 0.0942. The van der Waals surface area contributed by atoms with Gasteiger partial charge in [-0.1, -0.05) is 42.1 Å². The quantitative estimate of drug-likeness (QED) is 0.826. The molecule has 5 heteroatoms. The second-order valence-corrected chi connectivity index (χ2v) is 5.57. The van der Waals surface area contributed by atoms with E-state index in [2.05, 4.69) is 4.98 Å². The minimum Gasteiger partial charge on any atom is -0.477 e. The molecule has 2 N–H and O–H groups in total. The molecule has 0 saturated heterocycles. The number of aromatic nitrogens is 1. The summed E-state index contributed by atoms with van der Waals surface area (Å²) in [4.78, 5) is 25.0. The molecule has 0 spiro atoms. The van der Waals surface area contributed by atoms with Crippen molar-refractivity contribution in [3.8, 4) is 0 Å². The predicted octanol–water partition coefficient (Wildman–Crippen LogP) is 3.55. The molecule has 1 aromatic carbocycles. The fraction of sp³-hybridized carbons (Fsp3) is 0.200. The first-order chi connectivity index (χ1) is 9.59. The maximum atomic E-state index is 11.3. The Morgan fingerprint density at radius 2 is 2.10 bits per heavy atom. The van der Waals surface area contributed by atoms with Gasteiger partial charge in [0.2, 0.25) is 0 Å². The maximum absolute atomic E-state index is 11.3. The van der Waals surface area contributed by atoms with E-state index in [0.29, 0.717) is 11.3 Å². The van der Waals surface area contributed by atoms with E-state index in [-0.39, 0.29) is 10.8 Å². The molecule has 1 aromatic heterocycles. The molecule has 0 unspecified atom stereocenters. The van der Waals surface area contributed by atoms with Crippen LogP contribution in [0.2, 0.25) is 0 Å². The molecule has 0 bridgehead atoms. The molecule has 0 aliphatic carbocycles. The lowest BCUT2D eigenvalue weighted by Crippen LogP contribution is -1.98. The summed E-state index contributed by atoms with van der Waals surface area (Å²) in [6, 6.07) is 7.49. The number of hydrogen-bond acceptors (Lipinski definition) is 3. The van der Waals surface area contributed by atoms with Gasteiger partial charge in [0.1, 0.15) is 5.69 Å². The summed E-state index contributed by atoms with van der Waals surface area (Å²) >= 11 is 1.27. The average molecular weight is 289 g/mol. The number of para-hydroxylation sites is 1. The lowest BCUT2D eigenvalue weighted by Gasteiger charge is -1.95. The Hall–Kier alpha value is -2.01. The van der Waals surface area contributed by atoms with Crippen LogP contribution in [0.3, 0.4) is 0 Å². The van der Waals surface area contributed by atoms with E-state index in [4.69, 9.17) is 0 Å². The van der Waals surface area contributed by atoms with Gasteiger partial charge in [-0.2, -0.15) is 0 Å². The van der Waals surface area contributed by atoms with E-state index in [0.717, 1.165) is 17.3 Å². The van der Waals surface area contributed by atoms with Crippen molar-refractivity contribution >= 4 is 39.8 Å². The highest BCUT2D eigenvalue weighted by molar-refractivity contribution is 8.13. The zero-order valence-electron chi connectivity index (χ0n) is 11.1. The second-order valence-electron chi connectivity index (χ2n) is 4.30. The Morgan fingerprint density at radius 3 is 2.80 bits per heavy atom. The molecule has 0 atom stereocenters. The summed E-state index contributed by atoms with van der Waals surface area (Å²) in [7, 11) is 0. The van der Waals surface area contributed by atoms with E-state index in [9.17, 15) is 14.7 Å². The molecule has 0 aliphatic heterocycles. The third-order valence-electron chi connectivity index (χ3n) is 2.83. The molecule has 0 saturated carbocycles. The van der Waals surface area contributed by atoms with Crippen LogP contribution in [0.25, 0.3) is 17.0 Å². The van der Waals surface area contributed by atoms with Crippen LogP contribution in [0.5, 0.6) is 0 Å². The van der Waals surface area contributed by atoms with E-state index in [1.165, 1.54) is 18.7 Å². The number of carboxylic acids is 1. The molecular weight excluding hydrogens is 274 g/mol. The lowest BCUT2D eigenvalue weighted by atomic mass is 10.1. The first-order valence-corrected chi connectivity index (χ1v) is 7.22. The molecule has 0 radical (unpaired) electrons. The van der Waals surface area contributed by atoms with Crippen molar-refractivity contribution in [1.82, 2.24) is 4.98 Å².